The van der Waals surface area contributed by atoms with E-state index in [0.717, 1.165) is 44.7 Å². The van der Waals surface area contributed by atoms with Gasteiger partial charge < -0.3 is 9.47 Å². The Balaban J connectivity index is 2.16. The Labute approximate surface area is 125 Å². The normalized spacial score (nSPS) is 16.4. The number of ether oxygens (including phenoxy) is 2. The van der Waals surface area contributed by atoms with Gasteiger partial charge in [-0.1, -0.05) is 19.1 Å². The molecule has 6 nitrogen and oxygen atoms in total. The van der Waals surface area contributed by atoms with Gasteiger partial charge in [0.25, 0.3) is 0 Å². The van der Waals surface area contributed by atoms with Crippen molar-refractivity contribution in [1.82, 2.24) is 15.0 Å². The van der Waals surface area contributed by atoms with E-state index in [1.165, 1.54) is 0 Å². The molecule has 0 bridgehead atoms. The van der Waals surface area contributed by atoms with E-state index in [4.69, 9.17) is 9.47 Å². The van der Waals surface area contributed by atoms with Gasteiger partial charge >= 0.3 is 5.97 Å². The maximum Gasteiger partial charge on any atom is 0.360 e. The topological polar surface area (TPSA) is 66.2 Å². The molecule has 1 aliphatic heterocycles. The van der Waals surface area contributed by atoms with E-state index < -0.39 is 0 Å². The molecule has 0 aromatic carbocycles. The second-order valence-corrected chi connectivity index (χ2v) is 5.94. The van der Waals surface area contributed by atoms with Gasteiger partial charge in [-0.3, -0.25) is 0 Å². The fourth-order valence-corrected chi connectivity index (χ4v) is 2.60. The van der Waals surface area contributed by atoms with E-state index in [1.54, 1.807) is 6.92 Å². The molecule has 0 saturated carbocycles. The Bertz CT molecular complexity index is 465. The van der Waals surface area contributed by atoms with Gasteiger partial charge in [0.15, 0.2) is 5.69 Å². The third-order valence-electron chi connectivity index (χ3n) is 3.68. The minimum atomic E-state index is -0.369. The van der Waals surface area contributed by atoms with E-state index in [2.05, 4.69) is 24.2 Å². The first kappa shape index (κ1) is 15.9. The molecule has 2 heterocycles. The number of carbonyl (C=O) groups excluding carboxylic acids is 1. The molecule has 118 valence electrons. The van der Waals surface area contributed by atoms with Crippen molar-refractivity contribution in [2.24, 2.45) is 11.8 Å². The van der Waals surface area contributed by atoms with Crippen LogP contribution in [0.1, 0.15) is 49.8 Å². The summed E-state index contributed by atoms with van der Waals surface area (Å²) < 4.78 is 12.4. The van der Waals surface area contributed by atoms with Gasteiger partial charge in [0.2, 0.25) is 0 Å². The van der Waals surface area contributed by atoms with Gasteiger partial charge in [-0.25, -0.2) is 9.48 Å². The van der Waals surface area contributed by atoms with Crippen molar-refractivity contribution in [3.8, 4) is 0 Å². The Morgan fingerprint density at radius 1 is 1.43 bits per heavy atom. The molecule has 0 unspecified atom stereocenters. The van der Waals surface area contributed by atoms with Gasteiger partial charge in [0.05, 0.1) is 12.3 Å². The lowest BCUT2D eigenvalue weighted by atomic mass is 10.00. The molecule has 6 heteroatoms. The molecule has 0 aliphatic carbocycles. The first-order valence-corrected chi connectivity index (χ1v) is 7.79. The monoisotopic (exact) mass is 295 g/mol. The number of hydrogen-bond acceptors (Lipinski definition) is 5. The molecule has 0 spiro atoms. The van der Waals surface area contributed by atoms with E-state index in [-0.39, 0.29) is 5.97 Å². The summed E-state index contributed by atoms with van der Waals surface area (Å²) in [6.45, 7) is 8.83. The maximum absolute atomic E-state index is 12.0. The second kappa shape index (κ2) is 7.54. The summed E-state index contributed by atoms with van der Waals surface area (Å²) >= 11 is 0. The highest BCUT2D eigenvalue weighted by molar-refractivity contribution is 5.88. The highest BCUT2D eigenvalue weighted by atomic mass is 16.5. The van der Waals surface area contributed by atoms with E-state index >= 15 is 0 Å². The molecule has 1 saturated heterocycles. The zero-order valence-corrected chi connectivity index (χ0v) is 13.2. The van der Waals surface area contributed by atoms with Crippen molar-refractivity contribution in [3.05, 3.63) is 11.4 Å². The fraction of sp³-hybridized carbons (Fsp3) is 0.800. The van der Waals surface area contributed by atoms with Crippen LogP contribution in [0.3, 0.4) is 0 Å². The lowest BCUT2D eigenvalue weighted by Crippen LogP contribution is -2.22. The van der Waals surface area contributed by atoms with Crippen LogP contribution in [0.2, 0.25) is 0 Å². The van der Waals surface area contributed by atoms with Crippen LogP contribution in [0, 0.1) is 11.8 Å². The molecule has 1 aromatic heterocycles. The summed E-state index contributed by atoms with van der Waals surface area (Å²) in [7, 11) is 0. The van der Waals surface area contributed by atoms with Gasteiger partial charge in [-0.15, -0.1) is 5.10 Å². The number of hydrogen-bond donors (Lipinski definition) is 0. The summed E-state index contributed by atoms with van der Waals surface area (Å²) in [6.07, 6.45) is 2.86. The molecule has 1 fully saturated rings. The Morgan fingerprint density at radius 2 is 2.14 bits per heavy atom. The van der Waals surface area contributed by atoms with Crippen molar-refractivity contribution in [2.75, 3.05) is 19.8 Å². The second-order valence-electron chi connectivity index (χ2n) is 5.94. The average molecular weight is 295 g/mol. The molecular formula is C15H25N3O3. The molecule has 0 radical (unpaired) electrons. The van der Waals surface area contributed by atoms with Crippen molar-refractivity contribution < 1.29 is 14.3 Å². The lowest BCUT2D eigenvalue weighted by Gasteiger charge is -2.22. The predicted octanol–water partition coefficient (Wildman–Crippen LogP) is 2.08. The third-order valence-corrected chi connectivity index (χ3v) is 3.68. The average Bonchev–Trinajstić information content (AvgIpc) is 2.82. The van der Waals surface area contributed by atoms with Gasteiger partial charge in [0.1, 0.15) is 0 Å². The van der Waals surface area contributed by atoms with E-state index in [9.17, 15) is 4.79 Å². The molecule has 2 rings (SSSR count). The summed E-state index contributed by atoms with van der Waals surface area (Å²) in [5.74, 6) is 0.609. The van der Waals surface area contributed by atoms with Gasteiger partial charge in [-0.2, -0.15) is 0 Å². The molecule has 21 heavy (non-hydrogen) atoms. The van der Waals surface area contributed by atoms with Crippen LogP contribution in [-0.4, -0.2) is 40.8 Å². The summed E-state index contributed by atoms with van der Waals surface area (Å²) in [6, 6.07) is 0. The highest BCUT2D eigenvalue weighted by Gasteiger charge is 2.23. The highest BCUT2D eigenvalue weighted by Crippen LogP contribution is 2.20. The van der Waals surface area contributed by atoms with E-state index in [0.29, 0.717) is 24.1 Å². The van der Waals surface area contributed by atoms with Crippen molar-refractivity contribution >= 4 is 5.97 Å². The van der Waals surface area contributed by atoms with Crippen LogP contribution in [0.25, 0.3) is 0 Å². The largest absolute Gasteiger partial charge is 0.461 e. The number of esters is 1. The van der Waals surface area contributed by atoms with Crippen molar-refractivity contribution in [3.63, 3.8) is 0 Å². The van der Waals surface area contributed by atoms with Crippen LogP contribution in [0.5, 0.6) is 0 Å². The Morgan fingerprint density at radius 3 is 2.76 bits per heavy atom. The van der Waals surface area contributed by atoms with Crippen LogP contribution in [-0.2, 0) is 22.4 Å². The first-order valence-electron chi connectivity index (χ1n) is 7.79. The van der Waals surface area contributed by atoms with Gasteiger partial charge in [0, 0.05) is 19.8 Å². The van der Waals surface area contributed by atoms with E-state index in [1.807, 2.05) is 4.68 Å². The molecule has 0 amide bonds. The summed E-state index contributed by atoms with van der Waals surface area (Å²) in [5.41, 5.74) is 1.27. The quantitative estimate of drug-likeness (QED) is 0.752. The molecule has 1 aliphatic rings. The predicted molar refractivity (Wildman–Crippen MR) is 78.1 cm³/mol. The number of carbonyl (C=O) groups is 1. The number of nitrogens with zero attached hydrogens (tertiary/aromatic N) is 3. The number of rotatable bonds is 6. The minimum absolute atomic E-state index is 0.354. The van der Waals surface area contributed by atoms with Crippen LogP contribution < -0.4 is 0 Å². The SMILES string of the molecule is CCOC(=O)c1nnn(CC2CCOCC2)c1CC(C)C. The van der Waals surface area contributed by atoms with Crippen LogP contribution >= 0.6 is 0 Å². The smallest absolute Gasteiger partial charge is 0.360 e. The van der Waals surface area contributed by atoms with Crippen LogP contribution in [0.15, 0.2) is 0 Å². The number of aromatic nitrogens is 3. The molecular weight excluding hydrogens is 270 g/mol. The molecule has 0 N–H and O–H groups in total. The molecule has 1 aromatic rings. The molecule has 0 atom stereocenters. The van der Waals surface area contributed by atoms with Crippen molar-refractivity contribution in [1.29, 1.82) is 0 Å². The fourth-order valence-electron chi connectivity index (χ4n) is 2.60. The summed E-state index contributed by atoms with van der Waals surface area (Å²) in [5, 5.41) is 8.25. The Hall–Kier alpha value is -1.43. The Kier molecular flexibility index (Phi) is 5.73. The van der Waals surface area contributed by atoms with Crippen LogP contribution in [0.4, 0.5) is 0 Å². The first-order chi connectivity index (χ1) is 10.1. The lowest BCUT2D eigenvalue weighted by molar-refractivity contribution is 0.0516. The zero-order chi connectivity index (χ0) is 15.2. The standard InChI is InChI=1S/C15H25N3O3/c1-4-21-15(19)14-13(9-11(2)3)18(17-16-14)10-12-5-7-20-8-6-12/h11-12H,4-10H2,1-3H3. The summed E-state index contributed by atoms with van der Waals surface area (Å²) in [4.78, 5) is 12.0. The zero-order valence-electron chi connectivity index (χ0n) is 13.2. The maximum atomic E-state index is 12.0. The van der Waals surface area contributed by atoms with Crippen molar-refractivity contribution in [2.45, 2.75) is 46.6 Å². The third kappa shape index (κ3) is 4.27. The van der Waals surface area contributed by atoms with Gasteiger partial charge in [-0.05, 0) is 38.0 Å². The minimum Gasteiger partial charge on any atom is -0.461 e.